The quantitative estimate of drug-likeness (QED) is 0.901. The number of carbonyl (C=O) groups excluding carboxylic acids is 2. The molecule has 2 amide bonds. The second kappa shape index (κ2) is 4.96. The fourth-order valence-corrected chi connectivity index (χ4v) is 2.75. The lowest BCUT2D eigenvalue weighted by Crippen LogP contribution is -2.53. The minimum Gasteiger partial charge on any atom is -0.466 e. The van der Waals surface area contributed by atoms with Crippen LogP contribution in [0.2, 0.25) is 0 Å². The number of nitrogens with one attached hydrogen (secondary N) is 1. The average Bonchev–Trinajstić information content (AvgIpc) is 2.62. The summed E-state index contributed by atoms with van der Waals surface area (Å²) < 4.78 is 5.55. The lowest BCUT2D eigenvalue weighted by atomic mass is 10.0. The number of amides is 2. The molecule has 0 saturated carbocycles. The van der Waals surface area contributed by atoms with E-state index in [2.05, 4.69) is 5.32 Å². The molecule has 5 heteroatoms. The normalized spacial score (nSPS) is 20.6. The first-order valence-electron chi connectivity index (χ1n) is 6.91. The first-order valence-corrected chi connectivity index (χ1v) is 6.91. The van der Waals surface area contributed by atoms with Gasteiger partial charge in [-0.05, 0) is 40.7 Å². The van der Waals surface area contributed by atoms with E-state index in [1.54, 1.807) is 18.7 Å². The molecule has 0 bridgehead atoms. The highest BCUT2D eigenvalue weighted by Crippen LogP contribution is 2.29. The van der Waals surface area contributed by atoms with Crippen LogP contribution >= 0.6 is 0 Å². The minimum atomic E-state index is -0.867. The molecule has 0 radical (unpaired) electrons. The van der Waals surface area contributed by atoms with Gasteiger partial charge in [-0.1, -0.05) is 0 Å². The van der Waals surface area contributed by atoms with E-state index in [0.717, 1.165) is 17.1 Å². The number of rotatable bonds is 2. The van der Waals surface area contributed by atoms with Crippen molar-refractivity contribution in [2.45, 2.75) is 52.6 Å². The first kappa shape index (κ1) is 14.6. The smallest absolute Gasteiger partial charge is 0.248 e. The predicted octanol–water partition coefficient (Wildman–Crippen LogP) is 2.08. The van der Waals surface area contributed by atoms with Crippen LogP contribution in [-0.2, 0) is 9.59 Å². The summed E-state index contributed by atoms with van der Waals surface area (Å²) in [5.74, 6) is 1.51. The summed E-state index contributed by atoms with van der Waals surface area (Å²) in [6, 6.07) is 1.85. The first-order chi connectivity index (χ1) is 9.22. The minimum absolute atomic E-state index is 0.0610. The predicted molar refractivity (Wildman–Crippen MR) is 75.1 cm³/mol. The molecule has 2 rings (SSSR count). The molecule has 0 spiro atoms. The van der Waals surface area contributed by atoms with Crippen molar-refractivity contribution < 1.29 is 14.0 Å². The van der Waals surface area contributed by atoms with Gasteiger partial charge in [-0.25, -0.2) is 0 Å². The third-order valence-corrected chi connectivity index (χ3v) is 3.82. The van der Waals surface area contributed by atoms with Crippen LogP contribution in [0.15, 0.2) is 10.5 Å². The molecule has 1 atom stereocenters. The zero-order valence-corrected chi connectivity index (χ0v) is 12.7. The topological polar surface area (TPSA) is 62.6 Å². The summed E-state index contributed by atoms with van der Waals surface area (Å²) in [7, 11) is 0. The number of hydrogen-bond donors (Lipinski definition) is 1. The van der Waals surface area contributed by atoms with Crippen molar-refractivity contribution in [1.29, 1.82) is 0 Å². The molecule has 1 aromatic heterocycles. The molecule has 0 aromatic carbocycles. The van der Waals surface area contributed by atoms with Gasteiger partial charge in [0.25, 0.3) is 0 Å². The number of aryl methyl sites for hydroxylation is 2. The van der Waals surface area contributed by atoms with E-state index in [-0.39, 0.29) is 17.9 Å². The third kappa shape index (κ3) is 2.57. The van der Waals surface area contributed by atoms with Crippen molar-refractivity contribution >= 4 is 11.8 Å². The Labute approximate surface area is 119 Å². The van der Waals surface area contributed by atoms with Gasteiger partial charge in [0, 0.05) is 18.5 Å². The molecule has 1 aliphatic rings. The molecule has 1 N–H and O–H groups in total. The molecule has 1 aromatic rings. The maximum Gasteiger partial charge on any atom is 0.248 e. The van der Waals surface area contributed by atoms with E-state index in [9.17, 15) is 9.59 Å². The molecular weight excluding hydrogens is 256 g/mol. The summed E-state index contributed by atoms with van der Waals surface area (Å²) in [6.45, 7) is 9.68. The molecule has 1 aliphatic heterocycles. The van der Waals surface area contributed by atoms with Crippen LogP contribution in [-0.4, -0.2) is 28.8 Å². The second-order valence-corrected chi connectivity index (χ2v) is 5.97. The van der Waals surface area contributed by atoms with Gasteiger partial charge in [0.1, 0.15) is 17.1 Å². The van der Waals surface area contributed by atoms with Crippen LogP contribution in [0, 0.1) is 13.8 Å². The zero-order chi connectivity index (χ0) is 15.1. The molecular formula is C15H22N2O3. The summed E-state index contributed by atoms with van der Waals surface area (Å²) in [6.07, 6.45) is 0.329. The number of hydrogen-bond acceptors (Lipinski definition) is 3. The van der Waals surface area contributed by atoms with Gasteiger partial charge in [0.2, 0.25) is 11.8 Å². The maximum atomic E-state index is 12.6. The van der Waals surface area contributed by atoms with Crippen molar-refractivity contribution in [2.24, 2.45) is 0 Å². The highest BCUT2D eigenvalue weighted by atomic mass is 16.3. The Hall–Kier alpha value is -1.78. The summed E-state index contributed by atoms with van der Waals surface area (Å²) in [4.78, 5) is 26.1. The van der Waals surface area contributed by atoms with Gasteiger partial charge in [0.15, 0.2) is 0 Å². The Bertz CT molecular complexity index is 545. The fourth-order valence-electron chi connectivity index (χ4n) is 2.75. The third-order valence-electron chi connectivity index (χ3n) is 3.82. The Morgan fingerprint density at radius 1 is 1.35 bits per heavy atom. The van der Waals surface area contributed by atoms with Crippen LogP contribution in [0.3, 0.4) is 0 Å². The van der Waals surface area contributed by atoms with Crippen LogP contribution in [0.1, 0.15) is 50.3 Å². The molecule has 2 heterocycles. The van der Waals surface area contributed by atoms with E-state index < -0.39 is 5.54 Å². The number of carbonyl (C=O) groups is 2. The molecule has 1 unspecified atom stereocenters. The van der Waals surface area contributed by atoms with E-state index in [0.29, 0.717) is 13.0 Å². The van der Waals surface area contributed by atoms with Crippen molar-refractivity contribution in [3.63, 3.8) is 0 Å². The molecule has 0 aliphatic carbocycles. The van der Waals surface area contributed by atoms with Crippen LogP contribution in [0.4, 0.5) is 0 Å². The highest BCUT2D eigenvalue weighted by Gasteiger charge is 2.39. The SMILES string of the molecule is Cc1cc(C(C)N2CCC(=O)NC(C)(C)C2=O)c(C)o1. The van der Waals surface area contributed by atoms with Crippen LogP contribution < -0.4 is 5.32 Å². The fraction of sp³-hybridized carbons (Fsp3) is 0.600. The summed E-state index contributed by atoms with van der Waals surface area (Å²) in [5, 5.41) is 2.77. The van der Waals surface area contributed by atoms with E-state index in [1.165, 1.54) is 0 Å². The second-order valence-electron chi connectivity index (χ2n) is 5.97. The molecule has 1 saturated heterocycles. The largest absolute Gasteiger partial charge is 0.466 e. The Morgan fingerprint density at radius 2 is 2.00 bits per heavy atom. The van der Waals surface area contributed by atoms with Gasteiger partial charge in [-0.15, -0.1) is 0 Å². The molecule has 20 heavy (non-hydrogen) atoms. The van der Waals surface area contributed by atoms with Gasteiger partial charge < -0.3 is 14.6 Å². The average molecular weight is 278 g/mol. The highest BCUT2D eigenvalue weighted by molar-refractivity contribution is 5.93. The summed E-state index contributed by atoms with van der Waals surface area (Å²) in [5.41, 5.74) is 0.134. The van der Waals surface area contributed by atoms with Crippen molar-refractivity contribution in [2.75, 3.05) is 6.54 Å². The van der Waals surface area contributed by atoms with Gasteiger partial charge in [-0.2, -0.15) is 0 Å². The Morgan fingerprint density at radius 3 is 2.55 bits per heavy atom. The standard InChI is InChI=1S/C15H22N2O3/c1-9-8-12(11(3)20-9)10(2)17-7-6-13(18)16-15(4,5)14(17)19/h8,10H,6-7H2,1-5H3,(H,16,18). The van der Waals surface area contributed by atoms with E-state index in [4.69, 9.17) is 4.42 Å². The van der Waals surface area contributed by atoms with Gasteiger partial charge in [0.05, 0.1) is 6.04 Å². The van der Waals surface area contributed by atoms with Crippen LogP contribution in [0.25, 0.3) is 0 Å². The van der Waals surface area contributed by atoms with Crippen LogP contribution in [0.5, 0.6) is 0 Å². The number of furan rings is 1. The number of nitrogens with zero attached hydrogens (tertiary/aromatic N) is 1. The lowest BCUT2D eigenvalue weighted by molar-refractivity contribution is -0.139. The van der Waals surface area contributed by atoms with E-state index in [1.807, 2.05) is 26.8 Å². The Kier molecular flexibility index (Phi) is 3.63. The van der Waals surface area contributed by atoms with Crippen molar-refractivity contribution in [3.8, 4) is 0 Å². The van der Waals surface area contributed by atoms with Crippen molar-refractivity contribution in [1.82, 2.24) is 10.2 Å². The molecule has 1 fully saturated rings. The lowest BCUT2D eigenvalue weighted by Gasteiger charge is -2.33. The molecule has 5 nitrogen and oxygen atoms in total. The van der Waals surface area contributed by atoms with Gasteiger partial charge in [-0.3, -0.25) is 9.59 Å². The maximum absolute atomic E-state index is 12.6. The zero-order valence-electron chi connectivity index (χ0n) is 12.7. The van der Waals surface area contributed by atoms with Gasteiger partial charge >= 0.3 is 0 Å². The summed E-state index contributed by atoms with van der Waals surface area (Å²) >= 11 is 0. The van der Waals surface area contributed by atoms with Crippen molar-refractivity contribution in [3.05, 3.63) is 23.2 Å². The van der Waals surface area contributed by atoms with E-state index >= 15 is 0 Å². The monoisotopic (exact) mass is 278 g/mol. The molecule has 110 valence electrons. The Balaban J connectivity index is 2.33.